The van der Waals surface area contributed by atoms with Crippen molar-refractivity contribution in [3.05, 3.63) is 41.2 Å². The number of nitrogens with one attached hydrogen (secondary N) is 1. The summed E-state index contributed by atoms with van der Waals surface area (Å²) in [6.45, 7) is 8.06. The van der Waals surface area contributed by atoms with Crippen LogP contribution in [0.5, 0.6) is 0 Å². The minimum absolute atomic E-state index is 0.140. The van der Waals surface area contributed by atoms with Crippen molar-refractivity contribution >= 4 is 23.2 Å². The molecule has 1 saturated heterocycles. The van der Waals surface area contributed by atoms with Gasteiger partial charge >= 0.3 is 0 Å². The first-order valence-electron chi connectivity index (χ1n) is 11.6. The molecule has 8 nitrogen and oxygen atoms in total. The van der Waals surface area contributed by atoms with E-state index in [9.17, 15) is 9.59 Å². The minimum Gasteiger partial charge on any atom is -0.369 e. The Hall–Kier alpha value is -2.87. The largest absolute Gasteiger partial charge is 0.369 e. The summed E-state index contributed by atoms with van der Waals surface area (Å²) in [5.41, 5.74) is 8.71. The van der Waals surface area contributed by atoms with E-state index < -0.39 is 5.91 Å². The Balaban J connectivity index is 1.51. The van der Waals surface area contributed by atoms with Gasteiger partial charge in [-0.1, -0.05) is 6.92 Å². The van der Waals surface area contributed by atoms with E-state index in [0.717, 1.165) is 57.5 Å². The number of aromatic nitrogens is 2. The van der Waals surface area contributed by atoms with E-state index in [2.05, 4.69) is 34.2 Å². The summed E-state index contributed by atoms with van der Waals surface area (Å²) in [5, 5.41) is 7.51. The molecule has 0 atom stereocenters. The van der Waals surface area contributed by atoms with Gasteiger partial charge in [-0.3, -0.25) is 14.3 Å². The van der Waals surface area contributed by atoms with E-state index in [1.807, 2.05) is 24.3 Å². The Bertz CT molecular complexity index is 967. The highest BCUT2D eigenvalue weighted by atomic mass is 16.2. The molecule has 0 unspecified atom stereocenters. The second-order valence-electron chi connectivity index (χ2n) is 9.32. The molecule has 1 aliphatic carbocycles. The van der Waals surface area contributed by atoms with Crippen LogP contribution in [0.1, 0.15) is 65.2 Å². The molecule has 2 amide bonds. The number of amides is 2. The van der Waals surface area contributed by atoms with Crippen LogP contribution in [0.25, 0.3) is 0 Å². The first-order valence-corrected chi connectivity index (χ1v) is 11.6. The molecular weight excluding hydrogens is 404 g/mol. The van der Waals surface area contributed by atoms with Crippen LogP contribution in [0, 0.1) is 12.8 Å². The highest BCUT2D eigenvalue weighted by molar-refractivity contribution is 6.08. The van der Waals surface area contributed by atoms with Gasteiger partial charge in [-0.2, -0.15) is 5.10 Å². The van der Waals surface area contributed by atoms with Gasteiger partial charge in [-0.05, 0) is 69.8 Å². The van der Waals surface area contributed by atoms with Crippen molar-refractivity contribution in [1.29, 1.82) is 0 Å². The predicted octanol–water partition coefficient (Wildman–Crippen LogP) is 3.05. The van der Waals surface area contributed by atoms with Gasteiger partial charge in [0.2, 0.25) is 0 Å². The van der Waals surface area contributed by atoms with Crippen molar-refractivity contribution in [2.75, 3.05) is 43.4 Å². The topological polar surface area (TPSA) is 96.5 Å². The van der Waals surface area contributed by atoms with Gasteiger partial charge in [0.05, 0.1) is 17.4 Å². The molecule has 0 radical (unpaired) electrons. The average Bonchev–Trinajstić information content (AvgIpc) is 3.11. The monoisotopic (exact) mass is 438 g/mol. The van der Waals surface area contributed by atoms with Crippen LogP contribution in [0.3, 0.4) is 0 Å². The molecule has 1 aromatic carbocycles. The van der Waals surface area contributed by atoms with E-state index in [0.29, 0.717) is 28.6 Å². The smallest absolute Gasteiger partial charge is 0.269 e. The Labute approximate surface area is 189 Å². The van der Waals surface area contributed by atoms with Crippen molar-refractivity contribution < 1.29 is 9.59 Å². The molecule has 2 fully saturated rings. The Morgan fingerprint density at radius 2 is 1.66 bits per heavy atom. The third-order valence-corrected chi connectivity index (χ3v) is 6.89. The van der Waals surface area contributed by atoms with E-state index in [4.69, 9.17) is 5.73 Å². The third kappa shape index (κ3) is 4.65. The maximum absolute atomic E-state index is 13.0. The number of hydrogen-bond donors (Lipinski definition) is 2. The number of aryl methyl sites for hydroxylation is 1. The molecule has 2 aliphatic rings. The van der Waals surface area contributed by atoms with Gasteiger partial charge in [0.1, 0.15) is 5.69 Å². The Kier molecular flexibility index (Phi) is 6.50. The highest BCUT2D eigenvalue weighted by Crippen LogP contribution is 2.34. The number of anilines is 2. The number of hydrogen-bond acceptors (Lipinski definition) is 5. The van der Waals surface area contributed by atoms with E-state index in [-0.39, 0.29) is 11.9 Å². The number of piperazine rings is 1. The Morgan fingerprint density at radius 3 is 2.25 bits per heavy atom. The molecule has 3 N–H and O–H groups in total. The molecule has 1 aliphatic heterocycles. The predicted molar refractivity (Wildman–Crippen MR) is 126 cm³/mol. The molecule has 4 rings (SSSR count). The van der Waals surface area contributed by atoms with Crippen LogP contribution in [0.4, 0.5) is 11.4 Å². The van der Waals surface area contributed by atoms with Crippen molar-refractivity contribution in [2.45, 2.75) is 45.6 Å². The van der Waals surface area contributed by atoms with Gasteiger partial charge in [-0.15, -0.1) is 0 Å². The first-order chi connectivity index (χ1) is 15.3. The number of nitrogens with zero attached hydrogens (tertiary/aromatic N) is 4. The number of carbonyl (C=O) groups excluding carboxylic acids is 2. The number of benzene rings is 1. The zero-order valence-electron chi connectivity index (χ0n) is 19.3. The SMILES string of the molecule is Cc1nn([C@H]2CC[C@@H](C)CC2)c(C(N)=O)c1NC(=O)c1ccc(N2CCN(C)CC2)cc1. The Morgan fingerprint density at radius 1 is 1.03 bits per heavy atom. The number of nitrogens with two attached hydrogens (primary N) is 1. The van der Waals surface area contributed by atoms with Crippen molar-refractivity contribution in [1.82, 2.24) is 14.7 Å². The summed E-state index contributed by atoms with van der Waals surface area (Å²) >= 11 is 0. The molecule has 2 aromatic rings. The molecule has 0 spiro atoms. The van der Waals surface area contributed by atoms with Gasteiger partial charge in [0.25, 0.3) is 11.8 Å². The molecule has 2 heterocycles. The first kappa shape index (κ1) is 22.3. The molecule has 1 saturated carbocycles. The zero-order chi connectivity index (χ0) is 22.8. The van der Waals surface area contributed by atoms with Gasteiger partial charge < -0.3 is 20.9 Å². The molecular formula is C24H34N6O2. The van der Waals surface area contributed by atoms with Crippen LogP contribution >= 0.6 is 0 Å². The molecule has 8 heteroatoms. The van der Waals surface area contributed by atoms with Crippen LogP contribution < -0.4 is 16.0 Å². The summed E-state index contributed by atoms with van der Waals surface area (Å²) in [6.07, 6.45) is 4.12. The minimum atomic E-state index is -0.565. The summed E-state index contributed by atoms with van der Waals surface area (Å²) < 4.78 is 1.75. The summed E-state index contributed by atoms with van der Waals surface area (Å²) in [5.74, 6) is -0.143. The fraction of sp³-hybridized carbons (Fsp3) is 0.542. The highest BCUT2D eigenvalue weighted by Gasteiger charge is 2.28. The summed E-state index contributed by atoms with van der Waals surface area (Å²) in [7, 11) is 2.13. The number of rotatable bonds is 5. The average molecular weight is 439 g/mol. The lowest BCUT2D eigenvalue weighted by Gasteiger charge is -2.34. The van der Waals surface area contributed by atoms with Crippen LogP contribution in [0.15, 0.2) is 24.3 Å². The lowest BCUT2D eigenvalue weighted by Crippen LogP contribution is -2.44. The fourth-order valence-corrected chi connectivity index (χ4v) is 4.76. The van der Waals surface area contributed by atoms with E-state index >= 15 is 0 Å². The number of primary amides is 1. The van der Waals surface area contributed by atoms with Gasteiger partial charge in [-0.25, -0.2) is 0 Å². The lowest BCUT2D eigenvalue weighted by atomic mass is 9.87. The molecule has 1 aromatic heterocycles. The second-order valence-corrected chi connectivity index (χ2v) is 9.32. The lowest BCUT2D eigenvalue weighted by molar-refractivity contribution is 0.0985. The number of carbonyl (C=O) groups is 2. The third-order valence-electron chi connectivity index (χ3n) is 6.89. The van der Waals surface area contributed by atoms with Crippen LogP contribution in [0.2, 0.25) is 0 Å². The van der Waals surface area contributed by atoms with E-state index in [1.54, 1.807) is 11.6 Å². The summed E-state index contributed by atoms with van der Waals surface area (Å²) in [4.78, 5) is 29.9. The standard InChI is InChI=1S/C24H34N6O2/c1-16-4-8-20(9-5-16)30-22(23(25)31)21(17(2)27-30)26-24(32)18-6-10-19(11-7-18)29-14-12-28(3)13-15-29/h6-7,10-11,16,20H,4-5,8-9,12-15H2,1-3H3,(H2,25,31)(H,26,32)/t16-,20+. The van der Waals surface area contributed by atoms with Gasteiger partial charge in [0.15, 0.2) is 0 Å². The maximum atomic E-state index is 13.0. The molecule has 172 valence electrons. The quantitative estimate of drug-likeness (QED) is 0.748. The van der Waals surface area contributed by atoms with Gasteiger partial charge in [0, 0.05) is 37.4 Å². The molecule has 32 heavy (non-hydrogen) atoms. The second kappa shape index (κ2) is 9.32. The van der Waals surface area contributed by atoms with Crippen LogP contribution in [-0.2, 0) is 0 Å². The van der Waals surface area contributed by atoms with E-state index in [1.165, 1.54) is 0 Å². The summed E-state index contributed by atoms with van der Waals surface area (Å²) in [6, 6.07) is 7.76. The van der Waals surface area contributed by atoms with Crippen LogP contribution in [-0.4, -0.2) is 59.7 Å². The maximum Gasteiger partial charge on any atom is 0.269 e. The van der Waals surface area contributed by atoms with Crippen molar-refractivity contribution in [3.8, 4) is 0 Å². The fourth-order valence-electron chi connectivity index (χ4n) is 4.76. The zero-order valence-corrected chi connectivity index (χ0v) is 19.3. The van der Waals surface area contributed by atoms with Crippen molar-refractivity contribution in [3.63, 3.8) is 0 Å². The normalized spacial score (nSPS) is 22.0. The molecule has 0 bridgehead atoms. The number of likely N-dealkylation sites (N-methyl/N-ethyl adjacent to an activating group) is 1. The van der Waals surface area contributed by atoms with Crippen molar-refractivity contribution in [2.24, 2.45) is 11.7 Å².